The molecule has 0 radical (unpaired) electrons. The minimum absolute atomic E-state index is 0.829. The average Bonchev–Trinajstić information content (AvgIpc) is 3.69. The fraction of sp³-hybridized carbons (Fsp3) is 0. The van der Waals surface area contributed by atoms with Crippen molar-refractivity contribution in [2.45, 2.75) is 0 Å². The molecule has 2 heteroatoms. The van der Waals surface area contributed by atoms with E-state index in [-0.39, 0.29) is 0 Å². The van der Waals surface area contributed by atoms with Gasteiger partial charge in [0.1, 0.15) is 22.5 Å². The molecule has 0 fully saturated rings. The first-order valence-corrected chi connectivity index (χ1v) is 15.7. The lowest BCUT2D eigenvalue weighted by Gasteiger charge is -2.18. The fourth-order valence-corrected chi connectivity index (χ4v) is 7.46. The summed E-state index contributed by atoms with van der Waals surface area (Å²) in [6, 6.07) is 56.0. The number of hydrogen-bond donors (Lipinski definition) is 0. The van der Waals surface area contributed by atoms with Gasteiger partial charge in [0.25, 0.3) is 0 Å². The van der Waals surface area contributed by atoms with E-state index in [0.29, 0.717) is 0 Å². The van der Waals surface area contributed by atoms with E-state index in [1.54, 1.807) is 0 Å². The van der Waals surface area contributed by atoms with Crippen molar-refractivity contribution in [3.05, 3.63) is 158 Å². The van der Waals surface area contributed by atoms with Gasteiger partial charge < -0.3 is 8.83 Å². The Morgan fingerprint density at radius 2 is 0.935 bits per heavy atom. The molecule has 0 bridgehead atoms. The zero-order chi connectivity index (χ0) is 30.2. The quantitative estimate of drug-likeness (QED) is 0.193. The average molecular weight is 587 g/mol. The molecule has 0 unspecified atom stereocenters. The predicted octanol–water partition coefficient (Wildman–Crippen LogP) is 12.8. The van der Waals surface area contributed by atoms with Crippen molar-refractivity contribution >= 4 is 65.2 Å². The second-order valence-electron chi connectivity index (χ2n) is 12.0. The van der Waals surface area contributed by atoms with Crippen LogP contribution in [0.25, 0.3) is 98.8 Å². The van der Waals surface area contributed by atoms with Crippen LogP contribution in [-0.4, -0.2) is 0 Å². The molecular weight excluding hydrogens is 560 g/mol. The lowest BCUT2D eigenvalue weighted by atomic mass is 9.84. The Bertz CT molecular complexity index is 2740. The molecule has 0 atom stereocenters. The molecule has 0 N–H and O–H groups in total. The standard InChI is InChI=1S/C44H26O2/c1-2-13-28(14-3-1)43-42(36-24-25-38-41(44(36)46-43)35-20-10-11-21-37(35)45-38)40-33-18-8-6-16-31(33)39(32-17-7-9-19-34(32)40)30-23-22-27-12-4-5-15-29(27)26-30/h1-26H. The van der Waals surface area contributed by atoms with Crippen molar-refractivity contribution in [2.75, 3.05) is 0 Å². The van der Waals surface area contributed by atoms with Crippen LogP contribution in [0.2, 0.25) is 0 Å². The maximum Gasteiger partial charge on any atom is 0.147 e. The summed E-state index contributed by atoms with van der Waals surface area (Å²) in [7, 11) is 0. The van der Waals surface area contributed by atoms with Crippen LogP contribution in [0, 0.1) is 0 Å². The van der Waals surface area contributed by atoms with Gasteiger partial charge in [-0.25, -0.2) is 0 Å². The Morgan fingerprint density at radius 3 is 1.67 bits per heavy atom. The molecule has 0 amide bonds. The number of rotatable bonds is 3. The van der Waals surface area contributed by atoms with Crippen LogP contribution in [0.15, 0.2) is 167 Å². The molecule has 46 heavy (non-hydrogen) atoms. The van der Waals surface area contributed by atoms with Gasteiger partial charge in [0, 0.05) is 27.5 Å². The summed E-state index contributed by atoms with van der Waals surface area (Å²) in [6.07, 6.45) is 0. The minimum Gasteiger partial charge on any atom is -0.456 e. The molecule has 2 heterocycles. The fourth-order valence-electron chi connectivity index (χ4n) is 7.46. The third-order valence-electron chi connectivity index (χ3n) is 9.45. The zero-order valence-electron chi connectivity index (χ0n) is 24.8. The van der Waals surface area contributed by atoms with Crippen LogP contribution in [0.3, 0.4) is 0 Å². The summed E-state index contributed by atoms with van der Waals surface area (Å²) >= 11 is 0. The van der Waals surface area contributed by atoms with Crippen molar-refractivity contribution in [2.24, 2.45) is 0 Å². The smallest absolute Gasteiger partial charge is 0.147 e. The topological polar surface area (TPSA) is 26.3 Å². The van der Waals surface area contributed by atoms with E-state index >= 15 is 0 Å². The number of benzene rings is 8. The molecule has 0 aliphatic heterocycles. The van der Waals surface area contributed by atoms with Gasteiger partial charge in [-0.1, -0.05) is 133 Å². The van der Waals surface area contributed by atoms with E-state index in [1.165, 1.54) is 49.0 Å². The Balaban J connectivity index is 1.38. The summed E-state index contributed by atoms with van der Waals surface area (Å²) in [6.45, 7) is 0. The maximum atomic E-state index is 7.02. The first-order valence-electron chi connectivity index (χ1n) is 15.7. The number of para-hydroxylation sites is 1. The lowest BCUT2D eigenvalue weighted by molar-refractivity contribution is 0.634. The Kier molecular flexibility index (Phi) is 5.31. The van der Waals surface area contributed by atoms with Crippen molar-refractivity contribution < 1.29 is 8.83 Å². The van der Waals surface area contributed by atoms with Crippen LogP contribution in [0.1, 0.15) is 0 Å². The van der Waals surface area contributed by atoms with Crippen LogP contribution < -0.4 is 0 Å². The second-order valence-corrected chi connectivity index (χ2v) is 12.0. The van der Waals surface area contributed by atoms with Gasteiger partial charge in [0.15, 0.2) is 0 Å². The molecule has 0 aliphatic carbocycles. The number of furan rings is 2. The third kappa shape index (κ3) is 3.59. The van der Waals surface area contributed by atoms with Crippen LogP contribution in [-0.2, 0) is 0 Å². The SMILES string of the molecule is c1ccc(-c2oc3c(ccc4oc5ccccc5c43)c2-c2c3ccccc3c(-c3ccc4ccccc4c3)c3ccccc23)cc1. The summed E-state index contributed by atoms with van der Waals surface area (Å²) in [5.41, 5.74) is 8.33. The van der Waals surface area contributed by atoms with E-state index < -0.39 is 0 Å². The van der Waals surface area contributed by atoms with Gasteiger partial charge >= 0.3 is 0 Å². The highest BCUT2D eigenvalue weighted by Gasteiger charge is 2.26. The van der Waals surface area contributed by atoms with E-state index in [1.807, 2.05) is 12.1 Å². The molecule has 2 aromatic heterocycles. The summed E-state index contributed by atoms with van der Waals surface area (Å²) < 4.78 is 13.3. The van der Waals surface area contributed by atoms with Crippen LogP contribution in [0.5, 0.6) is 0 Å². The van der Waals surface area contributed by atoms with E-state index in [4.69, 9.17) is 8.83 Å². The zero-order valence-corrected chi connectivity index (χ0v) is 24.8. The van der Waals surface area contributed by atoms with Crippen molar-refractivity contribution in [3.63, 3.8) is 0 Å². The van der Waals surface area contributed by atoms with Gasteiger partial charge in [-0.2, -0.15) is 0 Å². The predicted molar refractivity (Wildman–Crippen MR) is 192 cm³/mol. The Hall–Kier alpha value is -6.12. The summed E-state index contributed by atoms with van der Waals surface area (Å²) in [5, 5.41) is 10.5. The molecule has 214 valence electrons. The molecule has 0 aliphatic rings. The van der Waals surface area contributed by atoms with Crippen molar-refractivity contribution in [1.29, 1.82) is 0 Å². The van der Waals surface area contributed by atoms with Gasteiger partial charge in [-0.3, -0.25) is 0 Å². The molecule has 2 nitrogen and oxygen atoms in total. The van der Waals surface area contributed by atoms with Gasteiger partial charge in [0.2, 0.25) is 0 Å². The molecule has 8 aromatic carbocycles. The third-order valence-corrected chi connectivity index (χ3v) is 9.45. The number of fused-ring (bicyclic) bond motifs is 8. The first kappa shape index (κ1) is 25.2. The van der Waals surface area contributed by atoms with Gasteiger partial charge in [-0.05, 0) is 67.7 Å². The highest BCUT2D eigenvalue weighted by atomic mass is 16.3. The Labute approximate surface area is 264 Å². The first-order chi connectivity index (χ1) is 22.8. The molecule has 10 rings (SSSR count). The minimum atomic E-state index is 0.829. The normalized spacial score (nSPS) is 11.9. The highest BCUT2D eigenvalue weighted by molar-refractivity contribution is 6.27. The second kappa shape index (κ2) is 9.69. The largest absolute Gasteiger partial charge is 0.456 e. The van der Waals surface area contributed by atoms with Crippen LogP contribution in [0.4, 0.5) is 0 Å². The summed E-state index contributed by atoms with van der Waals surface area (Å²) in [4.78, 5) is 0. The van der Waals surface area contributed by atoms with Crippen molar-refractivity contribution in [1.82, 2.24) is 0 Å². The van der Waals surface area contributed by atoms with Crippen LogP contribution >= 0.6 is 0 Å². The van der Waals surface area contributed by atoms with E-state index in [9.17, 15) is 0 Å². The molecule has 0 spiro atoms. The van der Waals surface area contributed by atoms with E-state index in [2.05, 4.69) is 146 Å². The number of hydrogen-bond acceptors (Lipinski definition) is 2. The van der Waals surface area contributed by atoms with Gasteiger partial charge in [-0.15, -0.1) is 0 Å². The van der Waals surface area contributed by atoms with E-state index in [0.717, 1.165) is 49.8 Å². The monoisotopic (exact) mass is 586 g/mol. The van der Waals surface area contributed by atoms with Crippen molar-refractivity contribution in [3.8, 4) is 33.6 Å². The maximum absolute atomic E-state index is 7.02. The molecule has 0 saturated carbocycles. The highest BCUT2D eigenvalue weighted by Crippen LogP contribution is 2.51. The molecule has 0 saturated heterocycles. The lowest BCUT2D eigenvalue weighted by Crippen LogP contribution is -1.91. The van der Waals surface area contributed by atoms with Gasteiger partial charge in [0.05, 0.1) is 5.39 Å². The Morgan fingerprint density at radius 1 is 0.326 bits per heavy atom. The molecular formula is C44H26O2. The molecule has 10 aromatic rings. The summed E-state index contributed by atoms with van der Waals surface area (Å²) in [5.74, 6) is 0.863.